The van der Waals surface area contributed by atoms with Crippen molar-refractivity contribution in [1.29, 1.82) is 0 Å². The Morgan fingerprint density at radius 2 is 1.93 bits per heavy atom. The van der Waals surface area contributed by atoms with Crippen LogP contribution < -0.4 is 5.56 Å². The zero-order chi connectivity index (χ0) is 18.8. The van der Waals surface area contributed by atoms with E-state index in [4.69, 9.17) is 4.98 Å². The molecule has 1 aromatic carbocycles. The van der Waals surface area contributed by atoms with E-state index < -0.39 is 0 Å². The molecule has 1 unspecified atom stereocenters. The van der Waals surface area contributed by atoms with Gasteiger partial charge in [-0.2, -0.15) is 0 Å². The summed E-state index contributed by atoms with van der Waals surface area (Å²) in [6, 6.07) is 13.6. The number of hydrogen-bond acceptors (Lipinski definition) is 4. The van der Waals surface area contributed by atoms with E-state index in [0.29, 0.717) is 0 Å². The first kappa shape index (κ1) is 17.3. The van der Waals surface area contributed by atoms with Gasteiger partial charge < -0.3 is 4.98 Å². The number of pyridine rings is 2. The molecule has 1 N–H and O–H groups in total. The second kappa shape index (κ2) is 7.25. The minimum absolute atomic E-state index is 0.0543. The molecule has 0 amide bonds. The summed E-state index contributed by atoms with van der Waals surface area (Å²) in [6.07, 6.45) is 5.19. The van der Waals surface area contributed by atoms with Crippen molar-refractivity contribution in [3.05, 3.63) is 93.9 Å². The number of rotatable bonds is 4. The molecule has 0 saturated carbocycles. The number of aromatic nitrogens is 3. The van der Waals surface area contributed by atoms with E-state index in [9.17, 15) is 9.18 Å². The molecule has 1 atom stereocenters. The van der Waals surface area contributed by atoms with E-state index in [1.807, 2.05) is 24.4 Å². The third-order valence-electron chi connectivity index (χ3n) is 4.35. The highest BCUT2D eigenvalue weighted by Gasteiger charge is 2.20. The van der Waals surface area contributed by atoms with Gasteiger partial charge in [0.25, 0.3) is 0 Å². The van der Waals surface area contributed by atoms with Crippen molar-refractivity contribution >= 4 is 11.3 Å². The molecule has 0 aliphatic carbocycles. The molecular formula is C21H16FN3OS. The van der Waals surface area contributed by atoms with E-state index in [0.717, 1.165) is 32.3 Å². The standard InChI is InChI=1S/C21H16FN3OS/c1-13(16-3-2-9-23-12-16)21-25-19(14-4-6-17(22)7-5-14)20(27-21)15-8-10-24-18(26)11-15/h2-13H,1H3,(H,24,26). The zero-order valence-corrected chi connectivity index (χ0v) is 15.3. The van der Waals surface area contributed by atoms with Crippen molar-refractivity contribution in [1.82, 2.24) is 15.0 Å². The van der Waals surface area contributed by atoms with E-state index in [1.165, 1.54) is 23.5 Å². The third-order valence-corrected chi connectivity index (χ3v) is 5.64. The molecule has 3 aromatic heterocycles. The van der Waals surface area contributed by atoms with E-state index in [2.05, 4.69) is 16.9 Å². The van der Waals surface area contributed by atoms with Crippen LogP contribution >= 0.6 is 11.3 Å². The van der Waals surface area contributed by atoms with Crippen LogP contribution in [0.2, 0.25) is 0 Å². The van der Waals surface area contributed by atoms with Crippen LogP contribution in [0.1, 0.15) is 23.4 Å². The topological polar surface area (TPSA) is 58.6 Å². The van der Waals surface area contributed by atoms with Gasteiger partial charge in [0.05, 0.1) is 10.6 Å². The summed E-state index contributed by atoms with van der Waals surface area (Å²) in [5, 5.41) is 0.914. The van der Waals surface area contributed by atoms with Crippen LogP contribution in [-0.4, -0.2) is 15.0 Å². The maximum absolute atomic E-state index is 13.4. The lowest BCUT2D eigenvalue weighted by molar-refractivity contribution is 0.628. The Labute approximate surface area is 159 Å². The fraction of sp³-hybridized carbons (Fsp3) is 0.0952. The van der Waals surface area contributed by atoms with Crippen molar-refractivity contribution < 1.29 is 4.39 Å². The number of benzene rings is 1. The molecule has 0 aliphatic rings. The largest absolute Gasteiger partial charge is 0.329 e. The predicted octanol–water partition coefficient (Wildman–Crippen LogP) is 4.85. The molecule has 3 heterocycles. The first-order valence-electron chi connectivity index (χ1n) is 8.47. The van der Waals surface area contributed by atoms with Gasteiger partial charge in [0.1, 0.15) is 10.8 Å². The lowest BCUT2D eigenvalue weighted by Crippen LogP contribution is -2.01. The second-order valence-electron chi connectivity index (χ2n) is 6.19. The number of nitrogens with zero attached hydrogens (tertiary/aromatic N) is 2. The fourth-order valence-corrected chi connectivity index (χ4v) is 4.05. The molecule has 4 rings (SSSR count). The number of H-pyrrole nitrogens is 1. The lowest BCUT2D eigenvalue weighted by atomic mass is 10.0. The van der Waals surface area contributed by atoms with Gasteiger partial charge in [-0.3, -0.25) is 9.78 Å². The van der Waals surface area contributed by atoms with Crippen LogP contribution in [0.25, 0.3) is 21.7 Å². The van der Waals surface area contributed by atoms with Gasteiger partial charge in [-0.05, 0) is 42.0 Å². The van der Waals surface area contributed by atoms with Gasteiger partial charge in [0, 0.05) is 41.7 Å². The Morgan fingerprint density at radius 1 is 1.11 bits per heavy atom. The van der Waals surface area contributed by atoms with Gasteiger partial charge >= 0.3 is 0 Å². The molecule has 0 fully saturated rings. The fourth-order valence-electron chi connectivity index (χ4n) is 2.88. The average molecular weight is 377 g/mol. The maximum atomic E-state index is 13.4. The molecule has 0 aliphatic heterocycles. The normalized spacial score (nSPS) is 12.1. The Bertz CT molecular complexity index is 1120. The molecule has 0 bridgehead atoms. The quantitative estimate of drug-likeness (QED) is 0.553. The minimum Gasteiger partial charge on any atom is -0.329 e. The number of nitrogens with one attached hydrogen (secondary N) is 1. The van der Waals surface area contributed by atoms with Crippen molar-refractivity contribution in [2.75, 3.05) is 0 Å². The van der Waals surface area contributed by atoms with E-state index in [1.54, 1.807) is 30.6 Å². The highest BCUT2D eigenvalue weighted by atomic mass is 32.1. The van der Waals surface area contributed by atoms with Crippen molar-refractivity contribution in [3.8, 4) is 21.7 Å². The number of thiazole rings is 1. The van der Waals surface area contributed by atoms with Crippen LogP contribution in [0, 0.1) is 5.82 Å². The van der Waals surface area contributed by atoms with Crippen LogP contribution in [-0.2, 0) is 0 Å². The lowest BCUT2D eigenvalue weighted by Gasteiger charge is -2.07. The SMILES string of the molecule is CC(c1cccnc1)c1nc(-c2ccc(F)cc2)c(-c2cc[nH]c(=O)c2)s1. The van der Waals surface area contributed by atoms with Gasteiger partial charge in [0.2, 0.25) is 5.56 Å². The van der Waals surface area contributed by atoms with E-state index in [-0.39, 0.29) is 17.3 Å². The molecule has 0 spiro atoms. The van der Waals surface area contributed by atoms with Gasteiger partial charge in [-0.25, -0.2) is 9.37 Å². The zero-order valence-electron chi connectivity index (χ0n) is 14.5. The van der Waals surface area contributed by atoms with Crippen LogP contribution in [0.4, 0.5) is 4.39 Å². The minimum atomic E-state index is -0.296. The Hall–Kier alpha value is -3.12. The van der Waals surface area contributed by atoms with Crippen molar-refractivity contribution in [2.24, 2.45) is 0 Å². The number of aromatic amines is 1. The Morgan fingerprint density at radius 3 is 2.63 bits per heavy atom. The summed E-state index contributed by atoms with van der Waals surface area (Å²) in [7, 11) is 0. The molecule has 4 aromatic rings. The van der Waals surface area contributed by atoms with Gasteiger partial charge in [-0.15, -0.1) is 11.3 Å². The Kier molecular flexibility index (Phi) is 4.64. The average Bonchev–Trinajstić information content (AvgIpc) is 3.14. The highest BCUT2D eigenvalue weighted by Crippen LogP contribution is 2.40. The first-order valence-corrected chi connectivity index (χ1v) is 9.29. The highest BCUT2D eigenvalue weighted by molar-refractivity contribution is 7.15. The molecule has 0 radical (unpaired) electrons. The summed E-state index contributed by atoms with van der Waals surface area (Å²) in [4.78, 5) is 24.3. The summed E-state index contributed by atoms with van der Waals surface area (Å²) >= 11 is 1.54. The maximum Gasteiger partial charge on any atom is 0.248 e. The summed E-state index contributed by atoms with van der Waals surface area (Å²) < 4.78 is 13.4. The third kappa shape index (κ3) is 3.57. The molecule has 27 heavy (non-hydrogen) atoms. The monoisotopic (exact) mass is 377 g/mol. The molecule has 4 nitrogen and oxygen atoms in total. The number of hydrogen-bond donors (Lipinski definition) is 1. The summed E-state index contributed by atoms with van der Waals surface area (Å²) in [5.41, 5.74) is 3.24. The van der Waals surface area contributed by atoms with Crippen LogP contribution in [0.15, 0.2) is 71.9 Å². The van der Waals surface area contributed by atoms with Crippen molar-refractivity contribution in [2.45, 2.75) is 12.8 Å². The smallest absolute Gasteiger partial charge is 0.248 e. The van der Waals surface area contributed by atoms with Crippen LogP contribution in [0.3, 0.4) is 0 Å². The van der Waals surface area contributed by atoms with E-state index >= 15 is 0 Å². The Balaban J connectivity index is 1.87. The second-order valence-corrected chi connectivity index (χ2v) is 7.22. The molecule has 0 saturated heterocycles. The summed E-state index contributed by atoms with van der Waals surface area (Å²) in [6.45, 7) is 2.08. The van der Waals surface area contributed by atoms with Crippen LogP contribution in [0.5, 0.6) is 0 Å². The van der Waals surface area contributed by atoms with Crippen molar-refractivity contribution in [3.63, 3.8) is 0 Å². The number of halogens is 1. The first-order chi connectivity index (χ1) is 13.1. The molecule has 134 valence electrons. The predicted molar refractivity (Wildman–Crippen MR) is 105 cm³/mol. The summed E-state index contributed by atoms with van der Waals surface area (Å²) in [5.74, 6) is -0.241. The molecule has 6 heteroatoms. The van der Waals surface area contributed by atoms with Gasteiger partial charge in [0.15, 0.2) is 0 Å². The molecular weight excluding hydrogens is 361 g/mol. The van der Waals surface area contributed by atoms with Gasteiger partial charge in [-0.1, -0.05) is 13.0 Å².